The SMILES string of the molecule is CS(=O)(=O)c1ccccc1S(=O)(=O)CC=Cn1ccc2c(N3CCNCC3)cccc21.Cl. The van der Waals surface area contributed by atoms with Crippen molar-refractivity contribution in [3.05, 3.63) is 60.8 Å². The van der Waals surface area contributed by atoms with Gasteiger partial charge in [0, 0.05) is 55.9 Å². The monoisotopic (exact) mass is 495 g/mol. The van der Waals surface area contributed by atoms with Gasteiger partial charge in [-0.2, -0.15) is 0 Å². The highest BCUT2D eigenvalue weighted by atomic mass is 35.5. The topological polar surface area (TPSA) is 88.5 Å². The molecule has 7 nitrogen and oxygen atoms in total. The van der Waals surface area contributed by atoms with E-state index in [4.69, 9.17) is 0 Å². The predicted molar refractivity (Wildman–Crippen MR) is 131 cm³/mol. The first-order valence-corrected chi connectivity index (χ1v) is 13.6. The van der Waals surface area contributed by atoms with Crippen LogP contribution in [0.1, 0.15) is 0 Å². The summed E-state index contributed by atoms with van der Waals surface area (Å²) >= 11 is 0. The van der Waals surface area contributed by atoms with E-state index in [0.29, 0.717) is 0 Å². The molecule has 1 N–H and O–H groups in total. The molecule has 2 aromatic carbocycles. The van der Waals surface area contributed by atoms with Crippen molar-refractivity contribution in [1.82, 2.24) is 9.88 Å². The Labute approximate surface area is 195 Å². The van der Waals surface area contributed by atoms with Crippen molar-refractivity contribution in [2.45, 2.75) is 9.79 Å². The van der Waals surface area contributed by atoms with Gasteiger partial charge >= 0.3 is 0 Å². The van der Waals surface area contributed by atoms with Crippen LogP contribution in [-0.4, -0.2) is 59.6 Å². The number of aromatic nitrogens is 1. The molecule has 3 aromatic rings. The molecule has 0 bridgehead atoms. The molecule has 0 atom stereocenters. The largest absolute Gasteiger partial charge is 0.368 e. The molecule has 1 aliphatic rings. The number of hydrogen-bond acceptors (Lipinski definition) is 6. The summed E-state index contributed by atoms with van der Waals surface area (Å²) in [4.78, 5) is 2.01. The van der Waals surface area contributed by atoms with Crippen LogP contribution in [0.5, 0.6) is 0 Å². The van der Waals surface area contributed by atoms with Gasteiger partial charge in [-0.05, 0) is 30.3 Å². The fourth-order valence-electron chi connectivity index (χ4n) is 3.87. The molecular weight excluding hydrogens is 470 g/mol. The highest BCUT2D eigenvalue weighted by molar-refractivity contribution is 7.94. The van der Waals surface area contributed by atoms with E-state index in [1.54, 1.807) is 12.3 Å². The molecule has 0 unspecified atom stereocenters. The Hall–Kier alpha value is -2.33. The zero-order chi connectivity index (χ0) is 22.1. The molecular formula is C22H26ClN3O4S2. The molecule has 0 aliphatic carbocycles. The van der Waals surface area contributed by atoms with E-state index in [-0.39, 0.29) is 28.0 Å². The summed E-state index contributed by atoms with van der Waals surface area (Å²) in [5, 5.41) is 4.46. The third-order valence-electron chi connectivity index (χ3n) is 5.36. The van der Waals surface area contributed by atoms with Gasteiger partial charge in [0.1, 0.15) is 0 Å². The lowest BCUT2D eigenvalue weighted by atomic mass is 10.2. The van der Waals surface area contributed by atoms with Gasteiger partial charge in [-0.25, -0.2) is 16.8 Å². The lowest BCUT2D eigenvalue weighted by Crippen LogP contribution is -2.43. The number of benzene rings is 2. The van der Waals surface area contributed by atoms with Crippen molar-refractivity contribution in [3.63, 3.8) is 0 Å². The number of nitrogens with zero attached hydrogens (tertiary/aromatic N) is 2. The van der Waals surface area contributed by atoms with Gasteiger partial charge < -0.3 is 14.8 Å². The first-order valence-electron chi connectivity index (χ1n) is 10.0. The van der Waals surface area contributed by atoms with Crippen molar-refractivity contribution in [1.29, 1.82) is 0 Å². The Kier molecular flexibility index (Phi) is 7.34. The van der Waals surface area contributed by atoms with E-state index >= 15 is 0 Å². The molecule has 1 aliphatic heterocycles. The van der Waals surface area contributed by atoms with E-state index < -0.39 is 19.7 Å². The second kappa shape index (κ2) is 9.66. The minimum atomic E-state index is -3.80. The molecule has 0 radical (unpaired) electrons. The average molecular weight is 496 g/mol. The third kappa shape index (κ3) is 5.01. The van der Waals surface area contributed by atoms with E-state index in [1.165, 1.54) is 30.0 Å². The van der Waals surface area contributed by atoms with Gasteiger partial charge in [-0.3, -0.25) is 0 Å². The van der Waals surface area contributed by atoms with Gasteiger partial charge in [0.15, 0.2) is 19.7 Å². The number of sulfone groups is 2. The molecule has 172 valence electrons. The van der Waals surface area contributed by atoms with Crippen LogP contribution >= 0.6 is 12.4 Å². The molecule has 1 fully saturated rings. The van der Waals surface area contributed by atoms with Crippen LogP contribution in [-0.2, 0) is 19.7 Å². The van der Waals surface area contributed by atoms with E-state index in [9.17, 15) is 16.8 Å². The maximum absolute atomic E-state index is 12.8. The highest BCUT2D eigenvalue weighted by Gasteiger charge is 2.22. The first-order chi connectivity index (χ1) is 14.8. The standard InChI is InChI=1S/C22H25N3O4S2.ClH/c1-30(26,27)21-8-2-3-9-22(21)31(28,29)17-5-13-24-14-10-18-19(24)6-4-7-20(18)25-15-11-23-12-16-25;/h2-10,13-14,23H,11-12,15-17H2,1H3;1H. The normalized spacial score (nSPS) is 15.2. The molecule has 0 spiro atoms. The van der Waals surface area contributed by atoms with Crippen molar-refractivity contribution >= 4 is 54.9 Å². The van der Waals surface area contributed by atoms with E-state index in [2.05, 4.69) is 16.3 Å². The molecule has 0 saturated carbocycles. The second-order valence-electron chi connectivity index (χ2n) is 7.56. The van der Waals surface area contributed by atoms with Crippen LogP contribution in [0.25, 0.3) is 17.1 Å². The van der Waals surface area contributed by atoms with Gasteiger partial charge in [0.05, 0.1) is 21.1 Å². The minimum absolute atomic E-state index is 0. The number of nitrogens with one attached hydrogen (secondary N) is 1. The van der Waals surface area contributed by atoms with E-state index in [1.807, 2.05) is 29.0 Å². The number of piperazine rings is 1. The van der Waals surface area contributed by atoms with Crippen LogP contribution in [0.15, 0.2) is 70.6 Å². The highest BCUT2D eigenvalue weighted by Crippen LogP contribution is 2.28. The van der Waals surface area contributed by atoms with Gasteiger partial charge in [0.25, 0.3) is 0 Å². The van der Waals surface area contributed by atoms with Crippen LogP contribution in [0.4, 0.5) is 5.69 Å². The quantitative estimate of drug-likeness (QED) is 0.565. The lowest BCUT2D eigenvalue weighted by Gasteiger charge is -2.30. The van der Waals surface area contributed by atoms with Crippen LogP contribution in [0.3, 0.4) is 0 Å². The number of anilines is 1. The lowest BCUT2D eigenvalue weighted by molar-refractivity contribution is 0.587. The zero-order valence-electron chi connectivity index (χ0n) is 17.6. The fourth-order valence-corrected chi connectivity index (χ4v) is 6.64. The summed E-state index contributed by atoms with van der Waals surface area (Å²) in [5.74, 6) is -0.295. The average Bonchev–Trinajstić information content (AvgIpc) is 3.17. The Morgan fingerprint density at radius 2 is 1.62 bits per heavy atom. The molecule has 10 heteroatoms. The Morgan fingerprint density at radius 1 is 0.938 bits per heavy atom. The summed E-state index contributed by atoms with van der Waals surface area (Å²) in [6.07, 6.45) is 6.18. The maximum atomic E-state index is 12.8. The van der Waals surface area contributed by atoms with Crippen LogP contribution in [0, 0.1) is 0 Å². The number of rotatable bonds is 6. The molecule has 2 heterocycles. The van der Waals surface area contributed by atoms with Gasteiger partial charge in [-0.15, -0.1) is 12.4 Å². The van der Waals surface area contributed by atoms with Crippen LogP contribution in [0.2, 0.25) is 0 Å². The summed E-state index contributed by atoms with van der Waals surface area (Å²) in [6.45, 7) is 3.78. The molecule has 0 amide bonds. The Balaban J connectivity index is 0.00000289. The predicted octanol–water partition coefficient (Wildman–Crippen LogP) is 2.82. The van der Waals surface area contributed by atoms with Gasteiger partial charge in [0.2, 0.25) is 0 Å². The van der Waals surface area contributed by atoms with Crippen molar-refractivity contribution in [2.24, 2.45) is 0 Å². The van der Waals surface area contributed by atoms with Crippen molar-refractivity contribution < 1.29 is 16.8 Å². The second-order valence-corrected chi connectivity index (χ2v) is 11.5. The fraction of sp³-hybridized carbons (Fsp3) is 0.273. The minimum Gasteiger partial charge on any atom is -0.368 e. The molecule has 4 rings (SSSR count). The Bertz CT molecular complexity index is 1340. The maximum Gasteiger partial charge on any atom is 0.183 e. The first kappa shape index (κ1) is 24.3. The summed E-state index contributed by atoms with van der Waals surface area (Å²) in [5.41, 5.74) is 2.15. The third-order valence-corrected chi connectivity index (χ3v) is 8.30. The van der Waals surface area contributed by atoms with Crippen molar-refractivity contribution in [2.75, 3.05) is 43.1 Å². The summed E-state index contributed by atoms with van der Waals surface area (Å²) < 4.78 is 51.5. The summed E-state index contributed by atoms with van der Waals surface area (Å²) in [7, 11) is -7.45. The summed E-state index contributed by atoms with van der Waals surface area (Å²) in [6, 6.07) is 13.9. The van der Waals surface area contributed by atoms with Crippen LogP contribution < -0.4 is 10.2 Å². The zero-order valence-corrected chi connectivity index (χ0v) is 20.1. The molecule has 32 heavy (non-hydrogen) atoms. The Morgan fingerprint density at radius 3 is 2.31 bits per heavy atom. The van der Waals surface area contributed by atoms with E-state index in [0.717, 1.165) is 43.3 Å². The van der Waals surface area contributed by atoms with Gasteiger partial charge in [-0.1, -0.05) is 24.3 Å². The van der Waals surface area contributed by atoms with Crippen molar-refractivity contribution in [3.8, 4) is 0 Å². The molecule has 1 aromatic heterocycles. The number of hydrogen-bond donors (Lipinski definition) is 1. The number of fused-ring (bicyclic) bond motifs is 1. The smallest absolute Gasteiger partial charge is 0.183 e. The number of halogens is 1. The molecule has 1 saturated heterocycles.